The molecule has 0 radical (unpaired) electrons. The van der Waals surface area contributed by atoms with Crippen LogP contribution in [0.5, 0.6) is 0 Å². The number of benzene rings is 1. The third kappa shape index (κ3) is 8.23. The Labute approximate surface area is 262 Å². The van der Waals surface area contributed by atoms with Crippen molar-refractivity contribution in [2.75, 3.05) is 6.61 Å². The van der Waals surface area contributed by atoms with Gasteiger partial charge in [0.2, 0.25) is 0 Å². The number of urea groups is 1. The van der Waals surface area contributed by atoms with Crippen molar-refractivity contribution in [2.45, 2.75) is 77.9 Å². The number of esters is 5. The van der Waals surface area contributed by atoms with Crippen LogP contribution < -0.4 is 10.6 Å². The standard InChI is InChI=1S/C29H33N5O12/c1-14-22(23(31-29(40)30-14)19-9-7-6-8-10-19)28(39)42-12-20-11-34(33-32-20)27-26(45-18(5)38)25(44-17(4)37)24(43-16(3)36)21(46-27)13-41-15(2)35/h6-11,21,23-27H,12-13H2,1-5H3,(H2,30,31,40)/t21-,23?,24-,25+,26-,27-/m1/s1. The fourth-order valence-corrected chi connectivity index (χ4v) is 5.00. The number of hydrogen-bond acceptors (Lipinski definition) is 14. The van der Waals surface area contributed by atoms with Crippen molar-refractivity contribution >= 4 is 35.9 Å². The van der Waals surface area contributed by atoms with Gasteiger partial charge in [-0.25, -0.2) is 14.3 Å². The van der Waals surface area contributed by atoms with E-state index in [0.717, 1.165) is 32.4 Å². The number of carbonyl (C=O) groups is 6. The molecule has 4 rings (SSSR count). The molecule has 0 saturated carbocycles. The zero-order chi connectivity index (χ0) is 33.5. The van der Waals surface area contributed by atoms with Crippen LogP contribution in [0.2, 0.25) is 0 Å². The molecule has 6 atom stereocenters. The van der Waals surface area contributed by atoms with E-state index in [0.29, 0.717) is 11.3 Å². The summed E-state index contributed by atoms with van der Waals surface area (Å²) < 4.78 is 34.1. The predicted octanol–water partition coefficient (Wildman–Crippen LogP) is 0.905. The van der Waals surface area contributed by atoms with E-state index in [-0.39, 0.29) is 17.9 Å². The van der Waals surface area contributed by atoms with Gasteiger partial charge in [-0.3, -0.25) is 19.2 Å². The van der Waals surface area contributed by atoms with Crippen LogP contribution in [0.1, 0.15) is 58.1 Å². The lowest BCUT2D eigenvalue weighted by Crippen LogP contribution is -2.60. The van der Waals surface area contributed by atoms with Crippen LogP contribution in [0.15, 0.2) is 47.8 Å². The average molecular weight is 644 g/mol. The fourth-order valence-electron chi connectivity index (χ4n) is 5.00. The Kier molecular flexibility index (Phi) is 10.7. The van der Waals surface area contributed by atoms with E-state index in [1.165, 1.54) is 6.20 Å². The molecule has 3 heterocycles. The second kappa shape index (κ2) is 14.6. The normalized spacial score (nSPS) is 24.2. The largest absolute Gasteiger partial charge is 0.463 e. The molecule has 1 fully saturated rings. The maximum absolute atomic E-state index is 13.3. The van der Waals surface area contributed by atoms with Gasteiger partial charge >= 0.3 is 35.9 Å². The highest BCUT2D eigenvalue weighted by Gasteiger charge is 2.53. The molecule has 1 aromatic carbocycles. The molecule has 17 nitrogen and oxygen atoms in total. The summed E-state index contributed by atoms with van der Waals surface area (Å²) in [5.41, 5.74) is 1.29. The molecular formula is C29H33N5O12. The van der Waals surface area contributed by atoms with Crippen LogP contribution in [0.25, 0.3) is 0 Å². The first kappa shape index (κ1) is 33.6. The Morgan fingerprint density at radius 3 is 2.13 bits per heavy atom. The summed E-state index contributed by atoms with van der Waals surface area (Å²) in [6.07, 6.45) is -5.35. The molecule has 2 amide bonds. The first-order valence-corrected chi connectivity index (χ1v) is 14.1. The molecule has 246 valence electrons. The highest BCUT2D eigenvalue weighted by Crippen LogP contribution is 2.34. The van der Waals surface area contributed by atoms with Crippen molar-refractivity contribution in [2.24, 2.45) is 0 Å². The minimum absolute atomic E-state index is 0.142. The van der Waals surface area contributed by atoms with E-state index in [2.05, 4.69) is 20.9 Å². The summed E-state index contributed by atoms with van der Waals surface area (Å²) >= 11 is 0. The maximum atomic E-state index is 13.3. The second-order valence-electron chi connectivity index (χ2n) is 10.3. The van der Waals surface area contributed by atoms with E-state index in [9.17, 15) is 28.8 Å². The van der Waals surface area contributed by atoms with Gasteiger partial charge in [0.1, 0.15) is 25.0 Å². The minimum Gasteiger partial charge on any atom is -0.463 e. The summed E-state index contributed by atoms with van der Waals surface area (Å²) in [4.78, 5) is 73.2. The van der Waals surface area contributed by atoms with Crippen LogP contribution in [-0.2, 0) is 59.0 Å². The Bertz CT molecular complexity index is 1520. The predicted molar refractivity (Wildman–Crippen MR) is 151 cm³/mol. The zero-order valence-corrected chi connectivity index (χ0v) is 25.6. The van der Waals surface area contributed by atoms with Crippen LogP contribution in [0, 0.1) is 0 Å². The lowest BCUT2D eigenvalue weighted by molar-refractivity contribution is -0.270. The molecule has 0 aliphatic carbocycles. The van der Waals surface area contributed by atoms with Gasteiger partial charge in [-0.2, -0.15) is 0 Å². The number of aromatic nitrogens is 3. The average Bonchev–Trinajstić information content (AvgIpc) is 3.45. The third-order valence-corrected chi connectivity index (χ3v) is 6.76. The summed E-state index contributed by atoms with van der Waals surface area (Å²) in [7, 11) is 0. The molecule has 2 aliphatic heterocycles. The summed E-state index contributed by atoms with van der Waals surface area (Å²) in [6.45, 7) is 5.28. The molecular weight excluding hydrogens is 610 g/mol. The number of rotatable bonds is 10. The quantitative estimate of drug-likeness (QED) is 0.272. The van der Waals surface area contributed by atoms with Crippen molar-refractivity contribution < 1.29 is 57.2 Å². The van der Waals surface area contributed by atoms with E-state index >= 15 is 0 Å². The highest BCUT2D eigenvalue weighted by molar-refractivity contribution is 5.95. The maximum Gasteiger partial charge on any atom is 0.338 e. The molecule has 0 bridgehead atoms. The van der Waals surface area contributed by atoms with Crippen LogP contribution in [0.4, 0.5) is 4.79 Å². The van der Waals surface area contributed by atoms with E-state index in [1.807, 2.05) is 0 Å². The van der Waals surface area contributed by atoms with Crippen molar-refractivity contribution in [3.8, 4) is 0 Å². The second-order valence-corrected chi connectivity index (χ2v) is 10.3. The van der Waals surface area contributed by atoms with Gasteiger partial charge in [0, 0.05) is 33.4 Å². The number of nitrogens with one attached hydrogen (secondary N) is 2. The Balaban J connectivity index is 1.59. The van der Waals surface area contributed by atoms with Gasteiger partial charge in [-0.05, 0) is 12.5 Å². The molecule has 1 unspecified atom stereocenters. The zero-order valence-electron chi connectivity index (χ0n) is 25.6. The van der Waals surface area contributed by atoms with E-state index < -0.39 is 79.2 Å². The van der Waals surface area contributed by atoms with Gasteiger partial charge in [0.05, 0.1) is 17.8 Å². The van der Waals surface area contributed by atoms with Crippen molar-refractivity contribution in [1.29, 1.82) is 0 Å². The van der Waals surface area contributed by atoms with Crippen molar-refractivity contribution in [3.63, 3.8) is 0 Å². The molecule has 2 N–H and O–H groups in total. The van der Waals surface area contributed by atoms with Gasteiger partial charge in [-0.1, -0.05) is 35.5 Å². The van der Waals surface area contributed by atoms with Crippen molar-refractivity contribution in [1.82, 2.24) is 25.6 Å². The third-order valence-electron chi connectivity index (χ3n) is 6.76. The summed E-state index contributed by atoms with van der Waals surface area (Å²) in [5, 5.41) is 13.3. The van der Waals surface area contributed by atoms with Crippen LogP contribution in [-0.4, -0.2) is 81.9 Å². The van der Waals surface area contributed by atoms with Crippen molar-refractivity contribution in [3.05, 3.63) is 59.1 Å². The number of carbonyl (C=O) groups excluding carboxylic acids is 6. The lowest BCUT2D eigenvalue weighted by atomic mass is 9.96. The first-order valence-electron chi connectivity index (χ1n) is 14.1. The van der Waals surface area contributed by atoms with Gasteiger partial charge in [0.15, 0.2) is 24.5 Å². The monoisotopic (exact) mass is 643 g/mol. The summed E-state index contributed by atoms with van der Waals surface area (Å²) in [6, 6.07) is 7.62. The first-order chi connectivity index (χ1) is 21.8. The Morgan fingerprint density at radius 2 is 1.50 bits per heavy atom. The molecule has 2 aliphatic rings. The van der Waals surface area contributed by atoms with Crippen LogP contribution >= 0.6 is 0 Å². The molecule has 46 heavy (non-hydrogen) atoms. The number of hydrogen-bond donors (Lipinski definition) is 2. The molecule has 2 aromatic rings. The molecule has 0 spiro atoms. The number of amides is 2. The highest BCUT2D eigenvalue weighted by atomic mass is 16.7. The topological polar surface area (TPSA) is 213 Å². The van der Waals surface area contributed by atoms with Gasteiger partial charge in [0.25, 0.3) is 0 Å². The van der Waals surface area contributed by atoms with Gasteiger partial charge in [-0.15, -0.1) is 5.10 Å². The van der Waals surface area contributed by atoms with Gasteiger partial charge < -0.3 is 39.1 Å². The van der Waals surface area contributed by atoms with E-state index in [4.69, 9.17) is 28.4 Å². The molecule has 17 heteroatoms. The molecule has 1 aromatic heterocycles. The fraction of sp³-hybridized carbons (Fsp3) is 0.448. The smallest absolute Gasteiger partial charge is 0.338 e. The molecule has 1 saturated heterocycles. The van der Waals surface area contributed by atoms with Crippen LogP contribution in [0.3, 0.4) is 0 Å². The summed E-state index contributed by atoms with van der Waals surface area (Å²) in [5.74, 6) is -3.74. The Hall–Kier alpha value is -5.32. The lowest BCUT2D eigenvalue weighted by Gasteiger charge is -2.44. The number of allylic oxidation sites excluding steroid dienone is 1. The van der Waals surface area contributed by atoms with E-state index in [1.54, 1.807) is 37.3 Å². The number of nitrogens with zero attached hydrogens (tertiary/aromatic N) is 3. The Morgan fingerprint density at radius 1 is 0.870 bits per heavy atom. The SMILES string of the molecule is CC(=O)OC[C@H]1O[C@@H](n2cc(COC(=O)C3=C(C)NC(=O)NC3c3ccccc3)nn2)[C@H](OC(C)=O)[C@@H](OC(C)=O)[C@@H]1OC(C)=O. The number of ether oxygens (including phenoxy) is 6. The minimum atomic E-state index is -1.41.